The highest BCUT2D eigenvalue weighted by molar-refractivity contribution is 6.34. The summed E-state index contributed by atoms with van der Waals surface area (Å²) in [7, 11) is 0. The van der Waals surface area contributed by atoms with E-state index in [1.54, 1.807) is 13.8 Å². The Morgan fingerprint density at radius 3 is 2.80 bits per heavy atom. The fourth-order valence-electron chi connectivity index (χ4n) is 3.33. The van der Waals surface area contributed by atoms with Crippen LogP contribution in [0.2, 0.25) is 5.02 Å². The van der Waals surface area contributed by atoms with Crippen LogP contribution < -0.4 is 11.1 Å². The number of rotatable bonds is 4. The fraction of sp³-hybridized carbons (Fsp3) is 0.300. The van der Waals surface area contributed by atoms with Crippen molar-refractivity contribution in [1.29, 1.82) is 5.26 Å². The third kappa shape index (κ3) is 3.78. The van der Waals surface area contributed by atoms with Crippen molar-refractivity contribution in [2.24, 2.45) is 16.6 Å². The normalized spacial score (nSPS) is 23.1. The van der Waals surface area contributed by atoms with Gasteiger partial charge in [-0.05, 0) is 31.2 Å². The second-order valence-corrected chi connectivity index (χ2v) is 7.34. The summed E-state index contributed by atoms with van der Waals surface area (Å²) < 4.78 is 34.3. The van der Waals surface area contributed by atoms with Crippen molar-refractivity contribution in [3.63, 3.8) is 0 Å². The molecular formula is C20H18ClF2N5O2. The van der Waals surface area contributed by atoms with Gasteiger partial charge in [0, 0.05) is 23.4 Å². The molecule has 3 rings (SSSR count). The number of aromatic nitrogens is 1. The van der Waals surface area contributed by atoms with E-state index in [-0.39, 0.29) is 33.6 Å². The molecule has 1 aliphatic rings. The Morgan fingerprint density at radius 2 is 2.17 bits per heavy atom. The summed E-state index contributed by atoms with van der Waals surface area (Å²) in [5.41, 5.74) is 4.29. The number of anilines is 1. The maximum Gasteiger partial charge on any atom is 0.283 e. The molecule has 7 nitrogen and oxygen atoms in total. The van der Waals surface area contributed by atoms with E-state index in [0.717, 1.165) is 6.07 Å². The first-order valence-electron chi connectivity index (χ1n) is 8.96. The minimum atomic E-state index is -1.60. The zero-order valence-electron chi connectivity index (χ0n) is 16.1. The SMILES string of the molecule is CC1OC(N)=N[C@@](CF)(c2cc(NC(=O)c3ncc(C#N)cc3Cl)ccc2F)[C@@H]1C. The molecule has 30 heavy (non-hydrogen) atoms. The predicted octanol–water partition coefficient (Wildman–Crippen LogP) is 3.53. The number of benzene rings is 1. The molecule has 0 bridgehead atoms. The molecule has 0 aliphatic carbocycles. The molecular weight excluding hydrogens is 416 g/mol. The summed E-state index contributed by atoms with van der Waals surface area (Å²) in [5.74, 6) is -1.91. The lowest BCUT2D eigenvalue weighted by Gasteiger charge is -2.40. The highest BCUT2D eigenvalue weighted by Crippen LogP contribution is 2.42. The average Bonchev–Trinajstić information content (AvgIpc) is 2.72. The molecule has 3 N–H and O–H groups in total. The van der Waals surface area contributed by atoms with Crippen LogP contribution in [0, 0.1) is 23.1 Å². The average molecular weight is 434 g/mol. The van der Waals surface area contributed by atoms with Gasteiger partial charge >= 0.3 is 0 Å². The van der Waals surface area contributed by atoms with E-state index in [1.165, 1.54) is 24.4 Å². The fourth-order valence-corrected chi connectivity index (χ4v) is 3.58. The molecule has 3 atom stereocenters. The van der Waals surface area contributed by atoms with Crippen LogP contribution in [0.4, 0.5) is 14.5 Å². The zero-order valence-corrected chi connectivity index (χ0v) is 16.9. The molecule has 1 aromatic heterocycles. The summed E-state index contributed by atoms with van der Waals surface area (Å²) in [5, 5.41) is 11.4. The predicted molar refractivity (Wildman–Crippen MR) is 107 cm³/mol. The van der Waals surface area contributed by atoms with Gasteiger partial charge in [-0.2, -0.15) is 5.26 Å². The number of carbonyl (C=O) groups excluding carboxylic acids is 1. The second-order valence-electron chi connectivity index (χ2n) is 6.93. The molecule has 0 fully saturated rings. The number of ether oxygens (including phenoxy) is 1. The molecule has 1 aromatic carbocycles. The van der Waals surface area contributed by atoms with E-state index in [2.05, 4.69) is 15.3 Å². The van der Waals surface area contributed by atoms with Crippen LogP contribution in [0.1, 0.15) is 35.5 Å². The van der Waals surface area contributed by atoms with E-state index in [1.807, 2.05) is 6.07 Å². The minimum absolute atomic E-state index is 0.0154. The van der Waals surface area contributed by atoms with Gasteiger partial charge in [0.1, 0.15) is 35.9 Å². The monoisotopic (exact) mass is 433 g/mol. The van der Waals surface area contributed by atoms with Crippen LogP contribution in [0.5, 0.6) is 0 Å². The smallest absolute Gasteiger partial charge is 0.283 e. The van der Waals surface area contributed by atoms with Crippen molar-refractivity contribution < 1.29 is 18.3 Å². The number of nitrogens with two attached hydrogens (primary N) is 1. The minimum Gasteiger partial charge on any atom is -0.462 e. The standard InChI is InChI=1S/C20H18ClF2N5O2/c1-10-11(2)30-19(25)28-20(10,9-22)14-6-13(3-4-16(14)23)27-18(29)17-15(21)5-12(7-24)8-26-17/h3-6,8,10-11H,9H2,1-2H3,(H2,25,28)(H,27,29)/t10-,11?,20-/m1/s1. The van der Waals surface area contributed by atoms with Crippen molar-refractivity contribution in [3.8, 4) is 6.07 Å². The summed E-state index contributed by atoms with van der Waals surface area (Å²) in [6.07, 6.45) is 0.704. The number of amides is 1. The van der Waals surface area contributed by atoms with Gasteiger partial charge in [-0.1, -0.05) is 18.5 Å². The Morgan fingerprint density at radius 1 is 1.43 bits per heavy atom. The first-order valence-corrected chi connectivity index (χ1v) is 9.34. The number of hydrogen-bond donors (Lipinski definition) is 2. The Kier molecular flexibility index (Phi) is 5.89. The Hall–Kier alpha value is -3.25. The molecule has 0 saturated heterocycles. The van der Waals surface area contributed by atoms with Gasteiger partial charge in [0.15, 0.2) is 0 Å². The van der Waals surface area contributed by atoms with Crippen molar-refractivity contribution in [2.75, 3.05) is 12.0 Å². The lowest BCUT2D eigenvalue weighted by atomic mass is 9.76. The summed E-state index contributed by atoms with van der Waals surface area (Å²) in [4.78, 5) is 20.5. The summed E-state index contributed by atoms with van der Waals surface area (Å²) in [6, 6.07) is 6.66. The number of nitrogens with one attached hydrogen (secondary N) is 1. The maximum absolute atomic E-state index is 14.7. The summed E-state index contributed by atoms with van der Waals surface area (Å²) >= 11 is 6.01. The topological polar surface area (TPSA) is 113 Å². The molecule has 0 spiro atoms. The molecule has 2 heterocycles. The number of nitriles is 1. The number of amidine groups is 1. The third-order valence-corrected chi connectivity index (χ3v) is 5.44. The van der Waals surface area contributed by atoms with Crippen LogP contribution in [-0.2, 0) is 10.3 Å². The Labute approximate surface area is 176 Å². The molecule has 156 valence electrons. The number of halogens is 3. The van der Waals surface area contributed by atoms with Gasteiger partial charge in [-0.3, -0.25) is 4.79 Å². The van der Waals surface area contributed by atoms with E-state index >= 15 is 0 Å². The van der Waals surface area contributed by atoms with Gasteiger partial charge in [-0.25, -0.2) is 18.8 Å². The summed E-state index contributed by atoms with van der Waals surface area (Å²) in [6.45, 7) is 2.37. The lowest BCUT2D eigenvalue weighted by molar-refractivity contribution is 0.0494. The molecule has 0 saturated carbocycles. The highest BCUT2D eigenvalue weighted by Gasteiger charge is 2.47. The van der Waals surface area contributed by atoms with E-state index in [4.69, 9.17) is 27.3 Å². The molecule has 2 aromatic rings. The van der Waals surface area contributed by atoms with Gasteiger partial charge < -0.3 is 15.8 Å². The molecule has 0 radical (unpaired) electrons. The van der Waals surface area contributed by atoms with Crippen LogP contribution >= 0.6 is 11.6 Å². The molecule has 1 amide bonds. The maximum atomic E-state index is 14.7. The van der Waals surface area contributed by atoms with E-state index in [0.29, 0.717) is 0 Å². The first-order chi connectivity index (χ1) is 14.2. The molecule has 1 unspecified atom stereocenters. The van der Waals surface area contributed by atoms with Crippen molar-refractivity contribution in [1.82, 2.24) is 4.98 Å². The Balaban J connectivity index is 1.99. The van der Waals surface area contributed by atoms with Gasteiger partial charge in [0.2, 0.25) is 0 Å². The number of aliphatic imine (C=N–C) groups is 1. The van der Waals surface area contributed by atoms with Gasteiger partial charge in [-0.15, -0.1) is 0 Å². The van der Waals surface area contributed by atoms with Crippen LogP contribution in [0.25, 0.3) is 0 Å². The zero-order chi connectivity index (χ0) is 22.1. The van der Waals surface area contributed by atoms with Crippen molar-refractivity contribution >= 4 is 29.2 Å². The van der Waals surface area contributed by atoms with Crippen molar-refractivity contribution in [3.05, 3.63) is 58.1 Å². The first kappa shape index (κ1) is 21.5. The molecule has 10 heteroatoms. The van der Waals surface area contributed by atoms with E-state index < -0.39 is 36.0 Å². The molecule has 1 aliphatic heterocycles. The lowest BCUT2D eigenvalue weighted by Crippen LogP contribution is -2.48. The van der Waals surface area contributed by atoms with Crippen molar-refractivity contribution in [2.45, 2.75) is 25.5 Å². The number of nitrogens with zero attached hydrogens (tertiary/aromatic N) is 3. The van der Waals surface area contributed by atoms with Crippen LogP contribution in [-0.4, -0.2) is 29.7 Å². The Bertz CT molecular complexity index is 1070. The number of pyridine rings is 1. The van der Waals surface area contributed by atoms with Crippen LogP contribution in [0.15, 0.2) is 35.5 Å². The third-order valence-electron chi connectivity index (χ3n) is 5.15. The van der Waals surface area contributed by atoms with Gasteiger partial charge in [0.05, 0.1) is 10.6 Å². The van der Waals surface area contributed by atoms with Gasteiger partial charge in [0.25, 0.3) is 11.9 Å². The largest absolute Gasteiger partial charge is 0.462 e. The number of carbonyl (C=O) groups is 1. The number of hydrogen-bond acceptors (Lipinski definition) is 6. The van der Waals surface area contributed by atoms with E-state index in [9.17, 15) is 13.6 Å². The quantitative estimate of drug-likeness (QED) is 0.765. The number of alkyl halides is 1. The highest BCUT2D eigenvalue weighted by atomic mass is 35.5. The van der Waals surface area contributed by atoms with Crippen LogP contribution in [0.3, 0.4) is 0 Å². The second kappa shape index (κ2) is 8.24.